The Bertz CT molecular complexity index is 1000. The van der Waals surface area contributed by atoms with Crippen LogP contribution in [0.5, 0.6) is 0 Å². The summed E-state index contributed by atoms with van der Waals surface area (Å²) in [5.41, 5.74) is 3.81. The van der Waals surface area contributed by atoms with Gasteiger partial charge in [-0.25, -0.2) is 4.39 Å². The molecule has 0 spiro atoms. The highest BCUT2D eigenvalue weighted by atomic mass is 19.1. The van der Waals surface area contributed by atoms with E-state index in [1.165, 1.54) is 25.0 Å². The highest BCUT2D eigenvalue weighted by Crippen LogP contribution is 2.45. The van der Waals surface area contributed by atoms with Crippen molar-refractivity contribution in [3.8, 4) is 11.4 Å². The molecule has 2 aliphatic rings. The highest BCUT2D eigenvalue weighted by Gasteiger charge is 2.46. The summed E-state index contributed by atoms with van der Waals surface area (Å²) in [6, 6.07) is 11.9. The summed E-state index contributed by atoms with van der Waals surface area (Å²) in [5, 5.41) is 10.4. The number of pyridine rings is 1. The molecule has 1 aromatic carbocycles. The first kappa shape index (κ1) is 17.1. The van der Waals surface area contributed by atoms with Gasteiger partial charge in [0.05, 0.1) is 22.5 Å². The van der Waals surface area contributed by atoms with Crippen LogP contribution in [0.1, 0.15) is 49.3 Å². The van der Waals surface area contributed by atoms with Crippen molar-refractivity contribution in [2.24, 2.45) is 0 Å². The number of rotatable bonds is 5. The number of benzene rings is 1. The lowest BCUT2D eigenvalue weighted by Crippen LogP contribution is -2.46. The molecule has 1 amide bonds. The molecule has 2 aromatic heterocycles. The standard InChI is InChI=1S/C22H21FN4O/c23-16-5-7-17(8-6-16)25-21(28)22(10-1-11-22)15-4-9-18(24-13-15)20-12-19(26-27-20)14-2-3-14/h4-9,12-14H,1-3,10-11H2,(H,25,28)(H,26,27). The van der Waals surface area contributed by atoms with Gasteiger partial charge in [-0.1, -0.05) is 12.5 Å². The third-order valence-electron chi connectivity index (χ3n) is 5.93. The van der Waals surface area contributed by atoms with Crippen molar-refractivity contribution in [3.05, 3.63) is 65.7 Å². The molecule has 5 nitrogen and oxygen atoms in total. The van der Waals surface area contributed by atoms with Crippen LogP contribution >= 0.6 is 0 Å². The van der Waals surface area contributed by atoms with Gasteiger partial charge in [-0.05, 0) is 67.6 Å². The van der Waals surface area contributed by atoms with Crippen LogP contribution in [-0.4, -0.2) is 21.1 Å². The number of carbonyl (C=O) groups is 1. The van der Waals surface area contributed by atoms with E-state index in [0.717, 1.165) is 41.9 Å². The van der Waals surface area contributed by atoms with E-state index in [1.807, 2.05) is 12.1 Å². The van der Waals surface area contributed by atoms with Crippen molar-refractivity contribution in [1.82, 2.24) is 15.2 Å². The van der Waals surface area contributed by atoms with E-state index in [-0.39, 0.29) is 11.7 Å². The third kappa shape index (κ3) is 2.99. The summed E-state index contributed by atoms with van der Waals surface area (Å²) >= 11 is 0. The van der Waals surface area contributed by atoms with E-state index in [9.17, 15) is 9.18 Å². The van der Waals surface area contributed by atoms with Crippen LogP contribution < -0.4 is 5.32 Å². The van der Waals surface area contributed by atoms with E-state index in [2.05, 4.69) is 26.6 Å². The number of H-pyrrole nitrogens is 1. The molecule has 0 aliphatic heterocycles. The maximum Gasteiger partial charge on any atom is 0.235 e. The highest BCUT2D eigenvalue weighted by molar-refractivity contribution is 5.99. The number of aromatic nitrogens is 3. The van der Waals surface area contributed by atoms with Gasteiger partial charge in [-0.15, -0.1) is 0 Å². The Morgan fingerprint density at radius 1 is 1.14 bits per heavy atom. The van der Waals surface area contributed by atoms with Crippen LogP contribution in [0, 0.1) is 5.82 Å². The van der Waals surface area contributed by atoms with Crippen LogP contribution in [0.25, 0.3) is 11.4 Å². The lowest BCUT2D eigenvalue weighted by Gasteiger charge is -2.40. The topological polar surface area (TPSA) is 70.7 Å². The Hall–Kier alpha value is -3.02. The normalized spacial score (nSPS) is 17.8. The lowest BCUT2D eigenvalue weighted by molar-refractivity contribution is -0.124. The fourth-order valence-corrected chi connectivity index (χ4v) is 3.85. The van der Waals surface area contributed by atoms with E-state index < -0.39 is 5.41 Å². The molecule has 2 heterocycles. The number of nitrogens with one attached hydrogen (secondary N) is 2. The van der Waals surface area contributed by atoms with Gasteiger partial charge < -0.3 is 5.32 Å². The van der Waals surface area contributed by atoms with Gasteiger partial charge in [0.1, 0.15) is 5.82 Å². The first-order valence-electron chi connectivity index (χ1n) is 9.73. The summed E-state index contributed by atoms with van der Waals surface area (Å²) < 4.78 is 13.1. The van der Waals surface area contributed by atoms with E-state index in [0.29, 0.717) is 11.6 Å². The van der Waals surface area contributed by atoms with Crippen LogP contribution in [-0.2, 0) is 10.2 Å². The zero-order valence-electron chi connectivity index (χ0n) is 15.4. The van der Waals surface area contributed by atoms with Gasteiger partial charge in [0.15, 0.2) is 0 Å². The van der Waals surface area contributed by atoms with Gasteiger partial charge >= 0.3 is 0 Å². The number of hydrogen-bond donors (Lipinski definition) is 2. The quantitative estimate of drug-likeness (QED) is 0.686. The molecule has 0 saturated heterocycles. The maximum absolute atomic E-state index is 13.1. The minimum atomic E-state index is -0.562. The molecule has 6 heteroatoms. The zero-order valence-corrected chi connectivity index (χ0v) is 15.4. The first-order chi connectivity index (χ1) is 13.6. The molecule has 2 N–H and O–H groups in total. The predicted molar refractivity (Wildman–Crippen MR) is 104 cm³/mol. The average molecular weight is 376 g/mol. The van der Waals surface area contributed by atoms with Crippen molar-refractivity contribution in [2.45, 2.75) is 43.4 Å². The van der Waals surface area contributed by atoms with Gasteiger partial charge in [-0.2, -0.15) is 5.10 Å². The van der Waals surface area contributed by atoms with Gasteiger partial charge in [0.25, 0.3) is 0 Å². The van der Waals surface area contributed by atoms with Gasteiger partial charge in [0, 0.05) is 17.8 Å². The van der Waals surface area contributed by atoms with Crippen LogP contribution in [0.4, 0.5) is 10.1 Å². The zero-order chi connectivity index (χ0) is 19.1. The van der Waals surface area contributed by atoms with Crippen molar-refractivity contribution < 1.29 is 9.18 Å². The van der Waals surface area contributed by atoms with Gasteiger partial charge in [0.2, 0.25) is 5.91 Å². The predicted octanol–water partition coefficient (Wildman–Crippen LogP) is 4.55. The number of halogens is 1. The Morgan fingerprint density at radius 3 is 2.54 bits per heavy atom. The second-order valence-electron chi connectivity index (χ2n) is 7.81. The summed E-state index contributed by atoms with van der Waals surface area (Å²) in [4.78, 5) is 17.6. The fraction of sp³-hybridized carbons (Fsp3) is 0.318. The molecular weight excluding hydrogens is 355 g/mol. The molecule has 0 bridgehead atoms. The molecule has 2 aliphatic carbocycles. The Kier molecular flexibility index (Phi) is 4.00. The van der Waals surface area contributed by atoms with Crippen LogP contribution in [0.2, 0.25) is 0 Å². The molecule has 3 aromatic rings. The second-order valence-corrected chi connectivity index (χ2v) is 7.81. The van der Waals surface area contributed by atoms with Crippen molar-refractivity contribution >= 4 is 11.6 Å². The summed E-state index contributed by atoms with van der Waals surface area (Å²) in [6.07, 6.45) is 6.80. The number of amides is 1. The number of carbonyl (C=O) groups excluding carboxylic acids is 1. The Morgan fingerprint density at radius 2 is 1.93 bits per heavy atom. The average Bonchev–Trinajstić information content (AvgIpc) is 3.40. The molecule has 0 radical (unpaired) electrons. The van der Waals surface area contributed by atoms with Crippen molar-refractivity contribution in [3.63, 3.8) is 0 Å². The Balaban J connectivity index is 1.36. The molecule has 5 rings (SSSR count). The van der Waals surface area contributed by atoms with Crippen molar-refractivity contribution in [2.75, 3.05) is 5.32 Å². The molecular formula is C22H21FN4O. The number of hydrogen-bond acceptors (Lipinski definition) is 3. The molecule has 0 unspecified atom stereocenters. The monoisotopic (exact) mass is 376 g/mol. The Labute approximate surface area is 162 Å². The van der Waals surface area contributed by atoms with Crippen molar-refractivity contribution in [1.29, 1.82) is 0 Å². The van der Waals surface area contributed by atoms with Crippen LogP contribution in [0.15, 0.2) is 48.7 Å². The van der Waals surface area contributed by atoms with Crippen LogP contribution in [0.3, 0.4) is 0 Å². The number of aromatic amines is 1. The lowest BCUT2D eigenvalue weighted by atomic mass is 9.64. The maximum atomic E-state index is 13.1. The summed E-state index contributed by atoms with van der Waals surface area (Å²) in [5.74, 6) is 0.218. The molecule has 0 atom stereocenters. The smallest absolute Gasteiger partial charge is 0.235 e. The largest absolute Gasteiger partial charge is 0.325 e. The van der Waals surface area contributed by atoms with E-state index >= 15 is 0 Å². The SMILES string of the molecule is O=C(Nc1ccc(F)cc1)C1(c2ccc(-c3cc(C4CC4)n[nH]3)nc2)CCC1. The molecule has 28 heavy (non-hydrogen) atoms. The minimum Gasteiger partial charge on any atom is -0.325 e. The molecule has 2 fully saturated rings. The first-order valence-corrected chi connectivity index (χ1v) is 9.73. The minimum absolute atomic E-state index is 0.0579. The number of anilines is 1. The summed E-state index contributed by atoms with van der Waals surface area (Å²) in [7, 11) is 0. The molecule has 2 saturated carbocycles. The summed E-state index contributed by atoms with van der Waals surface area (Å²) in [6.45, 7) is 0. The number of nitrogens with zero attached hydrogens (tertiary/aromatic N) is 2. The third-order valence-corrected chi connectivity index (χ3v) is 5.93. The fourth-order valence-electron chi connectivity index (χ4n) is 3.85. The molecule has 142 valence electrons. The van der Waals surface area contributed by atoms with Gasteiger partial charge in [-0.3, -0.25) is 14.9 Å². The van der Waals surface area contributed by atoms with E-state index in [4.69, 9.17) is 0 Å². The second kappa shape index (κ2) is 6.55. The van der Waals surface area contributed by atoms with E-state index in [1.54, 1.807) is 18.3 Å².